The van der Waals surface area contributed by atoms with Gasteiger partial charge in [-0.05, 0) is 5.56 Å². The average molecular weight is 298 g/mol. The molecule has 0 aliphatic rings. The molecule has 5 N–H and O–H groups in total. The van der Waals surface area contributed by atoms with E-state index in [1.54, 1.807) is 0 Å². The Kier molecular flexibility index (Phi) is 3.57. The Morgan fingerprint density at radius 1 is 1.32 bits per heavy atom. The standard InChI is InChI=1S/C14H14N6O2/c15-14-19-11-10(16-7-17-11)12(20-14)18-9(13(21)22)6-8-4-2-1-3-5-8/h1-5,7,9H,6H2,(H,21,22)(H4,15,16,17,18,19,20). The first kappa shape index (κ1) is 13.8. The molecule has 1 aromatic carbocycles. The number of aromatic amines is 1. The van der Waals surface area contributed by atoms with Crippen LogP contribution in [0, 0.1) is 0 Å². The maximum Gasteiger partial charge on any atom is 0.326 e. The minimum atomic E-state index is -0.978. The number of hydrogen-bond acceptors (Lipinski definition) is 6. The van der Waals surface area contributed by atoms with Gasteiger partial charge in [0.25, 0.3) is 0 Å². The number of nitrogen functional groups attached to an aromatic ring is 1. The van der Waals surface area contributed by atoms with Gasteiger partial charge in [0.1, 0.15) is 11.6 Å². The van der Waals surface area contributed by atoms with Crippen LogP contribution in [0.4, 0.5) is 11.8 Å². The molecule has 2 heterocycles. The van der Waals surface area contributed by atoms with Crippen molar-refractivity contribution in [3.05, 3.63) is 42.2 Å². The number of fused-ring (bicyclic) bond motifs is 1. The monoisotopic (exact) mass is 298 g/mol. The van der Waals surface area contributed by atoms with E-state index in [0.29, 0.717) is 23.4 Å². The molecule has 0 spiro atoms. The van der Waals surface area contributed by atoms with Gasteiger partial charge in [-0.2, -0.15) is 9.97 Å². The van der Waals surface area contributed by atoms with Crippen molar-refractivity contribution in [2.75, 3.05) is 11.1 Å². The van der Waals surface area contributed by atoms with Gasteiger partial charge in [0.2, 0.25) is 5.95 Å². The van der Waals surface area contributed by atoms with Crippen LogP contribution in [0.25, 0.3) is 11.2 Å². The number of imidazole rings is 1. The number of aromatic nitrogens is 4. The highest BCUT2D eigenvalue weighted by molar-refractivity contribution is 5.86. The molecule has 8 heteroatoms. The van der Waals surface area contributed by atoms with Crippen molar-refractivity contribution < 1.29 is 9.90 Å². The molecule has 3 aromatic rings. The molecular formula is C14H14N6O2. The summed E-state index contributed by atoms with van der Waals surface area (Å²) in [6.45, 7) is 0. The zero-order chi connectivity index (χ0) is 15.5. The van der Waals surface area contributed by atoms with Crippen LogP contribution in [0.15, 0.2) is 36.7 Å². The summed E-state index contributed by atoms with van der Waals surface area (Å²) in [5.74, 6) is -0.622. The van der Waals surface area contributed by atoms with Crippen molar-refractivity contribution in [2.24, 2.45) is 0 Å². The van der Waals surface area contributed by atoms with Gasteiger partial charge in [0.05, 0.1) is 6.33 Å². The van der Waals surface area contributed by atoms with Crippen molar-refractivity contribution >= 4 is 28.9 Å². The lowest BCUT2D eigenvalue weighted by Crippen LogP contribution is -2.32. The molecule has 2 aromatic heterocycles. The summed E-state index contributed by atoms with van der Waals surface area (Å²) < 4.78 is 0. The Morgan fingerprint density at radius 2 is 2.09 bits per heavy atom. The van der Waals surface area contributed by atoms with Crippen molar-refractivity contribution in [1.82, 2.24) is 19.9 Å². The first-order valence-corrected chi connectivity index (χ1v) is 6.63. The van der Waals surface area contributed by atoms with Crippen LogP contribution in [-0.4, -0.2) is 37.1 Å². The zero-order valence-electron chi connectivity index (χ0n) is 11.5. The third-order valence-electron chi connectivity index (χ3n) is 3.19. The van der Waals surface area contributed by atoms with Gasteiger partial charge < -0.3 is 21.1 Å². The number of carboxylic acid groups (broad SMARTS) is 1. The Balaban J connectivity index is 1.90. The summed E-state index contributed by atoms with van der Waals surface area (Å²) in [6, 6.07) is 8.51. The van der Waals surface area contributed by atoms with Gasteiger partial charge in [-0.1, -0.05) is 30.3 Å². The molecule has 0 aliphatic carbocycles. The number of aliphatic carboxylic acids is 1. The van der Waals surface area contributed by atoms with E-state index < -0.39 is 12.0 Å². The molecule has 8 nitrogen and oxygen atoms in total. The zero-order valence-corrected chi connectivity index (χ0v) is 11.5. The van der Waals surface area contributed by atoms with E-state index in [1.165, 1.54) is 6.33 Å². The Morgan fingerprint density at radius 3 is 2.82 bits per heavy atom. The maximum atomic E-state index is 11.5. The van der Waals surface area contributed by atoms with Crippen LogP contribution in [0.3, 0.4) is 0 Å². The maximum absolute atomic E-state index is 11.5. The smallest absolute Gasteiger partial charge is 0.326 e. The third-order valence-corrected chi connectivity index (χ3v) is 3.19. The van der Waals surface area contributed by atoms with Gasteiger partial charge in [0, 0.05) is 6.42 Å². The van der Waals surface area contributed by atoms with E-state index in [2.05, 4.69) is 25.3 Å². The topological polar surface area (TPSA) is 130 Å². The predicted octanol–water partition coefficient (Wildman–Crippen LogP) is 1.04. The fraction of sp³-hybridized carbons (Fsp3) is 0.143. The van der Waals surface area contributed by atoms with E-state index in [4.69, 9.17) is 5.73 Å². The number of nitrogens with one attached hydrogen (secondary N) is 2. The second-order valence-corrected chi connectivity index (χ2v) is 4.76. The summed E-state index contributed by atoms with van der Waals surface area (Å²) in [5, 5.41) is 12.3. The normalized spacial score (nSPS) is 12.2. The molecule has 0 bridgehead atoms. The molecule has 0 saturated carbocycles. The number of nitrogens with zero attached hydrogens (tertiary/aromatic N) is 3. The van der Waals surface area contributed by atoms with Crippen molar-refractivity contribution in [1.29, 1.82) is 0 Å². The number of rotatable bonds is 5. The lowest BCUT2D eigenvalue weighted by Gasteiger charge is -2.15. The van der Waals surface area contributed by atoms with Crippen LogP contribution in [0.2, 0.25) is 0 Å². The summed E-state index contributed by atoms with van der Waals surface area (Å²) in [6.07, 6.45) is 1.77. The first-order valence-electron chi connectivity index (χ1n) is 6.63. The number of benzene rings is 1. The number of nitrogens with two attached hydrogens (primary N) is 1. The highest BCUT2D eigenvalue weighted by atomic mass is 16.4. The third kappa shape index (κ3) is 2.80. The van der Waals surface area contributed by atoms with Crippen LogP contribution < -0.4 is 11.1 Å². The van der Waals surface area contributed by atoms with Gasteiger partial charge in [0.15, 0.2) is 11.5 Å². The highest BCUT2D eigenvalue weighted by Crippen LogP contribution is 2.19. The van der Waals surface area contributed by atoms with Crippen molar-refractivity contribution in [3.63, 3.8) is 0 Å². The second-order valence-electron chi connectivity index (χ2n) is 4.76. The summed E-state index contributed by atoms with van der Waals surface area (Å²) in [4.78, 5) is 26.4. The molecule has 112 valence electrons. The van der Waals surface area contributed by atoms with Gasteiger partial charge >= 0.3 is 5.97 Å². The molecule has 22 heavy (non-hydrogen) atoms. The number of hydrogen-bond donors (Lipinski definition) is 4. The molecule has 0 aliphatic heterocycles. The molecule has 0 amide bonds. The number of anilines is 2. The SMILES string of the molecule is Nc1nc(NC(Cc2ccccc2)C(=O)O)c2[nH]cnc2n1. The fourth-order valence-corrected chi connectivity index (χ4v) is 2.17. The quantitative estimate of drug-likeness (QED) is 0.553. The van der Waals surface area contributed by atoms with E-state index in [-0.39, 0.29) is 5.95 Å². The van der Waals surface area contributed by atoms with E-state index in [9.17, 15) is 9.90 Å². The summed E-state index contributed by atoms with van der Waals surface area (Å²) in [5.41, 5.74) is 7.44. The van der Waals surface area contributed by atoms with E-state index in [1.807, 2.05) is 30.3 Å². The number of carboxylic acids is 1. The summed E-state index contributed by atoms with van der Waals surface area (Å²) in [7, 11) is 0. The van der Waals surface area contributed by atoms with E-state index in [0.717, 1.165) is 5.56 Å². The van der Waals surface area contributed by atoms with Gasteiger partial charge in [-0.3, -0.25) is 0 Å². The van der Waals surface area contributed by atoms with Crippen molar-refractivity contribution in [3.8, 4) is 0 Å². The lowest BCUT2D eigenvalue weighted by atomic mass is 10.1. The largest absolute Gasteiger partial charge is 0.480 e. The Bertz CT molecular complexity index is 801. The molecular weight excluding hydrogens is 284 g/mol. The van der Waals surface area contributed by atoms with Crippen LogP contribution in [-0.2, 0) is 11.2 Å². The van der Waals surface area contributed by atoms with Gasteiger partial charge in [-0.15, -0.1) is 0 Å². The summed E-state index contributed by atoms with van der Waals surface area (Å²) >= 11 is 0. The minimum Gasteiger partial charge on any atom is -0.480 e. The molecule has 0 saturated heterocycles. The molecule has 1 unspecified atom stereocenters. The van der Waals surface area contributed by atoms with Gasteiger partial charge in [-0.25, -0.2) is 9.78 Å². The average Bonchev–Trinajstić information content (AvgIpc) is 2.95. The lowest BCUT2D eigenvalue weighted by molar-refractivity contribution is -0.137. The van der Waals surface area contributed by atoms with Crippen molar-refractivity contribution in [2.45, 2.75) is 12.5 Å². The molecule has 0 fully saturated rings. The molecule has 1 atom stereocenters. The van der Waals surface area contributed by atoms with Crippen LogP contribution in [0.1, 0.15) is 5.56 Å². The van der Waals surface area contributed by atoms with E-state index >= 15 is 0 Å². The second kappa shape index (κ2) is 5.68. The Labute approximate surface area is 125 Å². The number of carbonyl (C=O) groups is 1. The minimum absolute atomic E-state index is 0.0333. The fourth-order valence-electron chi connectivity index (χ4n) is 2.17. The number of H-pyrrole nitrogens is 1. The van der Waals surface area contributed by atoms with Crippen LogP contribution in [0.5, 0.6) is 0 Å². The predicted molar refractivity (Wildman–Crippen MR) is 81.3 cm³/mol. The molecule has 0 radical (unpaired) electrons. The Hall–Kier alpha value is -3.16. The highest BCUT2D eigenvalue weighted by Gasteiger charge is 2.20. The van der Waals surface area contributed by atoms with Crippen LogP contribution >= 0.6 is 0 Å². The first-order chi connectivity index (χ1) is 10.6. The molecule has 3 rings (SSSR count).